The lowest BCUT2D eigenvalue weighted by molar-refractivity contribution is 0.527. The van der Waals surface area contributed by atoms with E-state index in [1.54, 1.807) is 12.1 Å². The van der Waals surface area contributed by atoms with Crippen LogP contribution in [-0.2, 0) is 6.42 Å². The molecule has 0 spiro atoms. The summed E-state index contributed by atoms with van der Waals surface area (Å²) in [5.74, 6) is 1.21. The van der Waals surface area contributed by atoms with E-state index in [9.17, 15) is 4.39 Å². The molecule has 1 aromatic heterocycles. The third-order valence-corrected chi connectivity index (χ3v) is 4.70. The van der Waals surface area contributed by atoms with E-state index in [0.29, 0.717) is 5.92 Å². The molecule has 2 atom stereocenters. The molecule has 106 valence electrons. The highest BCUT2D eigenvalue weighted by molar-refractivity contribution is 7.09. The van der Waals surface area contributed by atoms with Gasteiger partial charge in [0.15, 0.2) is 0 Å². The highest BCUT2D eigenvalue weighted by Crippen LogP contribution is 2.40. The van der Waals surface area contributed by atoms with E-state index in [2.05, 4.69) is 28.1 Å². The van der Waals surface area contributed by atoms with Crippen LogP contribution in [0.25, 0.3) is 0 Å². The van der Waals surface area contributed by atoms with Gasteiger partial charge in [-0.3, -0.25) is 0 Å². The second-order valence-corrected chi connectivity index (χ2v) is 6.04. The number of aryl methyl sites for hydroxylation is 1. The third-order valence-electron chi connectivity index (χ3n) is 3.91. The van der Waals surface area contributed by atoms with Gasteiger partial charge in [-0.1, -0.05) is 26.0 Å². The molecule has 2 heterocycles. The van der Waals surface area contributed by atoms with E-state index in [1.807, 2.05) is 6.07 Å². The molecule has 2 aromatic rings. The first-order valence-corrected chi connectivity index (χ1v) is 7.81. The van der Waals surface area contributed by atoms with E-state index in [0.717, 1.165) is 35.9 Å². The molecule has 0 aliphatic carbocycles. The number of anilines is 1. The van der Waals surface area contributed by atoms with Crippen LogP contribution >= 0.6 is 11.5 Å². The van der Waals surface area contributed by atoms with Crippen molar-refractivity contribution in [2.75, 3.05) is 11.4 Å². The minimum Gasteiger partial charge on any atom is -0.340 e. The van der Waals surface area contributed by atoms with Gasteiger partial charge in [0, 0.05) is 24.5 Å². The van der Waals surface area contributed by atoms with Crippen LogP contribution in [-0.4, -0.2) is 15.9 Å². The standard InChI is InChI=1S/C15H18FN3S/c1-3-13-17-15(20-18-13)19-8-7-10(2)14(19)11-5-4-6-12(16)9-11/h4-6,9-10,14H,3,7-8H2,1-2H3. The highest BCUT2D eigenvalue weighted by Gasteiger charge is 2.34. The van der Waals surface area contributed by atoms with Crippen molar-refractivity contribution in [1.82, 2.24) is 9.36 Å². The number of hydrogen-bond donors (Lipinski definition) is 0. The van der Waals surface area contributed by atoms with Crippen LogP contribution in [0.5, 0.6) is 0 Å². The molecule has 0 bridgehead atoms. The van der Waals surface area contributed by atoms with Crippen LogP contribution in [0.4, 0.5) is 9.52 Å². The van der Waals surface area contributed by atoms with Gasteiger partial charge in [-0.2, -0.15) is 4.37 Å². The molecule has 0 amide bonds. The number of halogens is 1. The summed E-state index contributed by atoms with van der Waals surface area (Å²) in [5, 5.41) is 0.959. The van der Waals surface area contributed by atoms with E-state index >= 15 is 0 Å². The number of nitrogens with zero attached hydrogens (tertiary/aromatic N) is 3. The molecule has 1 saturated heterocycles. The van der Waals surface area contributed by atoms with Gasteiger partial charge in [-0.05, 0) is 30.0 Å². The Bertz CT molecular complexity index is 598. The van der Waals surface area contributed by atoms with Gasteiger partial charge in [0.2, 0.25) is 5.13 Å². The molecule has 0 N–H and O–H groups in total. The normalized spacial score (nSPS) is 22.4. The average molecular weight is 291 g/mol. The summed E-state index contributed by atoms with van der Waals surface area (Å²) in [4.78, 5) is 6.86. The van der Waals surface area contributed by atoms with Crippen LogP contribution in [0.2, 0.25) is 0 Å². The van der Waals surface area contributed by atoms with Gasteiger partial charge < -0.3 is 4.90 Å². The third kappa shape index (κ3) is 2.42. The number of aromatic nitrogens is 2. The summed E-state index contributed by atoms with van der Waals surface area (Å²) in [6, 6.07) is 7.12. The Morgan fingerprint density at radius 2 is 2.30 bits per heavy atom. The topological polar surface area (TPSA) is 29.0 Å². The number of rotatable bonds is 3. The molecule has 3 rings (SSSR count). The second kappa shape index (κ2) is 5.48. The molecule has 20 heavy (non-hydrogen) atoms. The van der Waals surface area contributed by atoms with Gasteiger partial charge in [0.25, 0.3) is 0 Å². The fourth-order valence-corrected chi connectivity index (χ4v) is 3.68. The maximum atomic E-state index is 13.5. The van der Waals surface area contributed by atoms with Gasteiger partial charge >= 0.3 is 0 Å². The molecular formula is C15H18FN3S. The maximum absolute atomic E-state index is 13.5. The summed E-state index contributed by atoms with van der Waals surface area (Å²) < 4.78 is 17.9. The first-order valence-electron chi connectivity index (χ1n) is 7.03. The minimum atomic E-state index is -0.173. The van der Waals surface area contributed by atoms with Crippen molar-refractivity contribution in [2.24, 2.45) is 5.92 Å². The Morgan fingerprint density at radius 1 is 1.45 bits per heavy atom. The Morgan fingerprint density at radius 3 is 3.00 bits per heavy atom. The summed E-state index contributed by atoms with van der Waals surface area (Å²) >= 11 is 1.45. The average Bonchev–Trinajstić information content (AvgIpc) is 3.04. The quantitative estimate of drug-likeness (QED) is 0.860. The summed E-state index contributed by atoms with van der Waals surface area (Å²) in [6.07, 6.45) is 1.95. The second-order valence-electron chi connectivity index (χ2n) is 5.31. The van der Waals surface area contributed by atoms with Gasteiger partial charge in [-0.25, -0.2) is 9.37 Å². The lowest BCUT2D eigenvalue weighted by Gasteiger charge is -2.26. The molecule has 2 unspecified atom stereocenters. The molecule has 1 aliphatic heterocycles. The van der Waals surface area contributed by atoms with Crippen molar-refractivity contribution < 1.29 is 4.39 Å². The lowest BCUT2D eigenvalue weighted by atomic mass is 9.95. The fourth-order valence-electron chi connectivity index (χ4n) is 2.87. The van der Waals surface area contributed by atoms with Crippen LogP contribution in [0.3, 0.4) is 0 Å². The summed E-state index contributed by atoms with van der Waals surface area (Å²) in [6.45, 7) is 5.24. The maximum Gasteiger partial charge on any atom is 0.205 e. The van der Waals surface area contributed by atoms with Crippen molar-refractivity contribution in [1.29, 1.82) is 0 Å². The van der Waals surface area contributed by atoms with Gasteiger partial charge in [-0.15, -0.1) is 0 Å². The number of benzene rings is 1. The zero-order valence-corrected chi connectivity index (χ0v) is 12.5. The van der Waals surface area contributed by atoms with E-state index in [-0.39, 0.29) is 11.9 Å². The van der Waals surface area contributed by atoms with Crippen LogP contribution in [0.15, 0.2) is 24.3 Å². The fraction of sp³-hybridized carbons (Fsp3) is 0.467. The molecule has 1 aromatic carbocycles. The van der Waals surface area contributed by atoms with E-state index < -0.39 is 0 Å². The molecule has 0 saturated carbocycles. The van der Waals surface area contributed by atoms with Crippen LogP contribution < -0.4 is 4.90 Å². The molecule has 0 radical (unpaired) electrons. The van der Waals surface area contributed by atoms with Gasteiger partial charge in [0.1, 0.15) is 11.6 Å². The Hall–Kier alpha value is -1.49. The van der Waals surface area contributed by atoms with Crippen molar-refractivity contribution in [3.05, 3.63) is 41.5 Å². The molecular weight excluding hydrogens is 273 g/mol. The lowest BCUT2D eigenvalue weighted by Crippen LogP contribution is -2.24. The molecule has 3 nitrogen and oxygen atoms in total. The van der Waals surface area contributed by atoms with Crippen molar-refractivity contribution in [3.8, 4) is 0 Å². The molecule has 5 heteroatoms. The largest absolute Gasteiger partial charge is 0.340 e. The first-order chi connectivity index (χ1) is 9.69. The Kier molecular flexibility index (Phi) is 3.70. The zero-order valence-electron chi connectivity index (χ0n) is 11.7. The molecule has 1 aliphatic rings. The van der Waals surface area contributed by atoms with Crippen molar-refractivity contribution in [2.45, 2.75) is 32.7 Å². The summed E-state index contributed by atoms with van der Waals surface area (Å²) in [7, 11) is 0. The summed E-state index contributed by atoms with van der Waals surface area (Å²) in [5.41, 5.74) is 1.03. The van der Waals surface area contributed by atoms with Crippen molar-refractivity contribution >= 4 is 16.7 Å². The Labute approximate surface area is 122 Å². The molecule has 1 fully saturated rings. The van der Waals surface area contributed by atoms with Crippen LogP contribution in [0.1, 0.15) is 37.7 Å². The van der Waals surface area contributed by atoms with E-state index in [1.165, 1.54) is 17.6 Å². The van der Waals surface area contributed by atoms with Gasteiger partial charge in [0.05, 0.1) is 6.04 Å². The smallest absolute Gasteiger partial charge is 0.205 e. The monoisotopic (exact) mass is 291 g/mol. The zero-order chi connectivity index (χ0) is 14.1. The van der Waals surface area contributed by atoms with Crippen LogP contribution in [0, 0.1) is 11.7 Å². The first kappa shape index (κ1) is 13.5. The van der Waals surface area contributed by atoms with E-state index in [4.69, 9.17) is 0 Å². The highest BCUT2D eigenvalue weighted by atomic mass is 32.1. The SMILES string of the molecule is CCc1nsc(N2CCC(C)C2c2cccc(F)c2)n1. The predicted octanol–water partition coefficient (Wildman–Crippen LogP) is 3.83. The predicted molar refractivity (Wildman–Crippen MR) is 79.6 cm³/mol. The minimum absolute atomic E-state index is 0.173. The Balaban J connectivity index is 1.94. The number of hydrogen-bond acceptors (Lipinski definition) is 4. The van der Waals surface area contributed by atoms with Crippen molar-refractivity contribution in [3.63, 3.8) is 0 Å².